The molecule has 2 aromatic rings. The maximum absolute atomic E-state index is 5.94. The van der Waals surface area contributed by atoms with Crippen LogP contribution in [-0.4, -0.2) is 45.9 Å². The Balaban J connectivity index is 0.00000363. The normalized spacial score (nSPS) is 13.1. The fourth-order valence-corrected chi connectivity index (χ4v) is 3.43. The van der Waals surface area contributed by atoms with Crippen LogP contribution in [0.25, 0.3) is 0 Å². The van der Waals surface area contributed by atoms with Gasteiger partial charge in [0.15, 0.2) is 5.96 Å². The van der Waals surface area contributed by atoms with Crippen LogP contribution in [-0.2, 0) is 17.8 Å². The highest BCUT2D eigenvalue weighted by molar-refractivity contribution is 14.0. The Morgan fingerprint density at radius 3 is 2.56 bits per heavy atom. The van der Waals surface area contributed by atoms with E-state index in [-0.39, 0.29) is 24.0 Å². The summed E-state index contributed by atoms with van der Waals surface area (Å²) in [4.78, 5) is 6.71. The molecule has 0 aromatic heterocycles. The van der Waals surface area contributed by atoms with Crippen LogP contribution in [0.15, 0.2) is 59.6 Å². The van der Waals surface area contributed by atoms with Crippen LogP contribution in [0, 0.1) is 6.92 Å². The van der Waals surface area contributed by atoms with Crippen molar-refractivity contribution in [2.24, 2.45) is 4.99 Å². The Kier molecular flexibility index (Phi) is 11.4. The summed E-state index contributed by atoms with van der Waals surface area (Å²) in [5.74, 6) is 1.64. The minimum Gasteiger partial charge on any atom is -0.491 e. The zero-order valence-electron chi connectivity index (χ0n) is 19.3. The van der Waals surface area contributed by atoms with E-state index >= 15 is 0 Å². The van der Waals surface area contributed by atoms with Gasteiger partial charge in [0.05, 0.1) is 6.61 Å². The van der Waals surface area contributed by atoms with Gasteiger partial charge in [-0.2, -0.15) is 0 Å². The second-order valence-electron chi connectivity index (χ2n) is 7.48. The minimum atomic E-state index is 0. The second-order valence-corrected chi connectivity index (χ2v) is 7.48. The van der Waals surface area contributed by atoms with Gasteiger partial charge >= 0.3 is 0 Å². The van der Waals surface area contributed by atoms with Crippen LogP contribution in [0.5, 0.6) is 5.75 Å². The summed E-state index contributed by atoms with van der Waals surface area (Å²) in [6.07, 6.45) is 4.41. The zero-order valence-corrected chi connectivity index (χ0v) is 21.6. The quantitative estimate of drug-likeness (QED) is 0.152. The van der Waals surface area contributed by atoms with Gasteiger partial charge < -0.3 is 25.0 Å². The molecule has 0 spiro atoms. The first kappa shape index (κ1) is 26.0. The summed E-state index contributed by atoms with van der Waals surface area (Å²) in [6.45, 7) is 9.18. The van der Waals surface area contributed by atoms with Gasteiger partial charge in [0.1, 0.15) is 12.4 Å². The fraction of sp³-hybridized carbons (Fsp3) is 0.400. The number of hydrogen-bond acceptors (Lipinski definition) is 4. The molecule has 1 aliphatic heterocycles. The van der Waals surface area contributed by atoms with E-state index in [0.29, 0.717) is 32.9 Å². The average molecular weight is 550 g/mol. The van der Waals surface area contributed by atoms with Crippen molar-refractivity contribution in [2.45, 2.75) is 26.9 Å². The topological polar surface area (TPSA) is 58.1 Å². The number of aryl methyl sites for hydroxylation is 1. The second kappa shape index (κ2) is 14.0. The van der Waals surface area contributed by atoms with E-state index in [1.54, 1.807) is 7.05 Å². The number of benzene rings is 2. The number of rotatable bonds is 10. The molecule has 0 radical (unpaired) electrons. The maximum Gasteiger partial charge on any atom is 0.191 e. The predicted octanol–water partition coefficient (Wildman–Crippen LogP) is 4.27. The molecule has 6 nitrogen and oxygen atoms in total. The molecule has 7 heteroatoms. The molecular weight excluding hydrogens is 515 g/mol. The van der Waals surface area contributed by atoms with Crippen LogP contribution >= 0.6 is 24.0 Å². The van der Waals surface area contributed by atoms with Crippen LogP contribution in [0.1, 0.15) is 23.6 Å². The highest BCUT2D eigenvalue weighted by Crippen LogP contribution is 2.21. The largest absolute Gasteiger partial charge is 0.491 e. The molecular formula is C25H35IN4O2. The number of nitrogens with one attached hydrogen (secondary N) is 2. The minimum absolute atomic E-state index is 0. The number of ether oxygens (including phenoxy) is 2. The number of halogens is 1. The summed E-state index contributed by atoms with van der Waals surface area (Å²) in [5, 5.41) is 6.80. The van der Waals surface area contributed by atoms with E-state index in [2.05, 4.69) is 82.1 Å². The summed E-state index contributed by atoms with van der Waals surface area (Å²) < 4.78 is 11.3. The monoisotopic (exact) mass is 550 g/mol. The lowest BCUT2D eigenvalue weighted by Gasteiger charge is -2.19. The van der Waals surface area contributed by atoms with Crippen LogP contribution < -0.4 is 20.3 Å². The first-order valence-corrected chi connectivity index (χ1v) is 10.9. The van der Waals surface area contributed by atoms with Gasteiger partial charge in [0, 0.05) is 51.1 Å². The van der Waals surface area contributed by atoms with Gasteiger partial charge in [-0.15, -0.1) is 24.0 Å². The van der Waals surface area contributed by atoms with Crippen molar-refractivity contribution in [3.8, 4) is 5.75 Å². The van der Waals surface area contributed by atoms with Gasteiger partial charge in [-0.1, -0.05) is 36.4 Å². The number of aliphatic imine (C=N–C) groups is 1. The highest BCUT2D eigenvalue weighted by atomic mass is 127. The first-order valence-electron chi connectivity index (χ1n) is 10.9. The van der Waals surface area contributed by atoms with Gasteiger partial charge in [-0.3, -0.25) is 4.99 Å². The Morgan fingerprint density at radius 1 is 1.03 bits per heavy atom. The predicted molar refractivity (Wildman–Crippen MR) is 143 cm³/mol. The van der Waals surface area contributed by atoms with Gasteiger partial charge in [0.25, 0.3) is 0 Å². The van der Waals surface area contributed by atoms with Crippen molar-refractivity contribution in [1.82, 2.24) is 10.6 Å². The number of hydrogen-bond donors (Lipinski definition) is 2. The molecule has 174 valence electrons. The third-order valence-corrected chi connectivity index (χ3v) is 5.14. The number of guanidine groups is 1. The van der Waals surface area contributed by atoms with Gasteiger partial charge in [-0.25, -0.2) is 0 Å². The molecule has 0 bridgehead atoms. The van der Waals surface area contributed by atoms with E-state index in [1.165, 1.54) is 16.8 Å². The Labute approximate surface area is 209 Å². The Hall–Kier alpha value is -2.26. The van der Waals surface area contributed by atoms with Gasteiger partial charge in [-0.05, 0) is 43.2 Å². The molecule has 0 unspecified atom stereocenters. The molecule has 2 N–H and O–H groups in total. The summed E-state index contributed by atoms with van der Waals surface area (Å²) in [5.41, 5.74) is 4.74. The van der Waals surface area contributed by atoms with Gasteiger partial charge in [0.2, 0.25) is 0 Å². The molecule has 0 fully saturated rings. The lowest BCUT2D eigenvalue weighted by Crippen LogP contribution is -2.36. The fourth-order valence-electron chi connectivity index (χ4n) is 3.43. The molecule has 0 saturated heterocycles. The Morgan fingerprint density at radius 2 is 1.81 bits per heavy atom. The molecule has 0 amide bonds. The van der Waals surface area contributed by atoms with E-state index in [0.717, 1.165) is 30.4 Å². The molecule has 0 saturated carbocycles. The average Bonchev–Trinajstić information content (AvgIpc) is 3.33. The van der Waals surface area contributed by atoms with Crippen molar-refractivity contribution in [1.29, 1.82) is 0 Å². The number of nitrogens with zero attached hydrogens (tertiary/aromatic N) is 2. The van der Waals surface area contributed by atoms with Crippen molar-refractivity contribution >= 4 is 35.6 Å². The highest BCUT2D eigenvalue weighted by Gasteiger charge is 2.09. The summed E-state index contributed by atoms with van der Waals surface area (Å²) in [7, 11) is 1.79. The van der Waals surface area contributed by atoms with Crippen molar-refractivity contribution in [3.63, 3.8) is 0 Å². The molecule has 32 heavy (non-hydrogen) atoms. The number of anilines is 1. The molecule has 0 atom stereocenters. The smallest absolute Gasteiger partial charge is 0.191 e. The summed E-state index contributed by atoms with van der Waals surface area (Å²) >= 11 is 0. The Bertz CT molecular complexity index is 893. The van der Waals surface area contributed by atoms with Crippen LogP contribution in [0.4, 0.5) is 5.69 Å². The third kappa shape index (κ3) is 8.02. The molecule has 1 aliphatic rings. The SMILES string of the molecule is CCOCCOc1cc(C)ccc1CNC(=NC)NCc1cccc(N2CC=CC2)c1.I. The van der Waals surface area contributed by atoms with Crippen molar-refractivity contribution in [2.75, 3.05) is 44.9 Å². The van der Waals surface area contributed by atoms with E-state index in [4.69, 9.17) is 9.47 Å². The molecule has 1 heterocycles. The van der Waals surface area contributed by atoms with E-state index < -0.39 is 0 Å². The summed E-state index contributed by atoms with van der Waals surface area (Å²) in [6, 6.07) is 14.9. The molecule has 0 aliphatic carbocycles. The molecule has 3 rings (SSSR count). The lowest BCUT2D eigenvalue weighted by molar-refractivity contribution is 0.110. The van der Waals surface area contributed by atoms with Crippen molar-refractivity contribution in [3.05, 3.63) is 71.3 Å². The van der Waals surface area contributed by atoms with E-state index in [9.17, 15) is 0 Å². The third-order valence-electron chi connectivity index (χ3n) is 5.14. The van der Waals surface area contributed by atoms with Crippen molar-refractivity contribution < 1.29 is 9.47 Å². The molecule has 2 aromatic carbocycles. The maximum atomic E-state index is 5.94. The first-order chi connectivity index (χ1) is 15.2. The standard InChI is InChI=1S/C25H34N4O2.HI/c1-4-30-14-15-31-24-16-20(2)10-11-22(24)19-28-25(26-3)27-18-21-8-7-9-23(17-21)29-12-5-6-13-29;/h5-11,16-17H,4,12-15,18-19H2,1-3H3,(H2,26,27,28);1H. The van der Waals surface area contributed by atoms with E-state index in [1.807, 2.05) is 6.92 Å². The zero-order chi connectivity index (χ0) is 21.9. The van der Waals surface area contributed by atoms with Crippen LogP contribution in [0.2, 0.25) is 0 Å². The lowest BCUT2D eigenvalue weighted by atomic mass is 10.1. The van der Waals surface area contributed by atoms with Crippen LogP contribution in [0.3, 0.4) is 0 Å².